The lowest BCUT2D eigenvalue weighted by Crippen LogP contribution is -2.19. The number of ether oxygens (including phenoxy) is 1. The van der Waals surface area contributed by atoms with E-state index in [2.05, 4.69) is 20.8 Å². The fraction of sp³-hybridized carbons (Fsp3) is 0.0625. The molecule has 0 radical (unpaired) electrons. The minimum Gasteiger partial charge on any atom is -0.497 e. The van der Waals surface area contributed by atoms with Crippen molar-refractivity contribution in [3.05, 3.63) is 52.5 Å². The zero-order chi connectivity index (χ0) is 17.8. The molecule has 2 N–H and O–H groups in total. The lowest BCUT2D eigenvalue weighted by molar-refractivity contribution is 0.262. The van der Waals surface area contributed by atoms with Crippen LogP contribution < -0.4 is 15.4 Å². The molecule has 6 nitrogen and oxygen atoms in total. The Morgan fingerprint density at radius 3 is 2.48 bits per heavy atom. The minimum absolute atomic E-state index is 0.368. The molecule has 3 aromatic rings. The second-order valence-corrected chi connectivity index (χ2v) is 6.64. The van der Waals surface area contributed by atoms with Crippen LogP contribution in [0.3, 0.4) is 0 Å². The van der Waals surface area contributed by atoms with Crippen LogP contribution >= 0.6 is 34.5 Å². The van der Waals surface area contributed by atoms with Crippen molar-refractivity contribution in [2.45, 2.75) is 0 Å². The number of halogens is 2. The van der Waals surface area contributed by atoms with E-state index in [1.807, 2.05) is 0 Å². The average molecular weight is 395 g/mol. The van der Waals surface area contributed by atoms with E-state index in [1.54, 1.807) is 49.6 Å². The molecule has 0 spiro atoms. The SMILES string of the molecule is COc1ccc(NC(=O)Nc2nnc(-c3ccc(Cl)c(Cl)c3)s2)cc1. The van der Waals surface area contributed by atoms with E-state index in [4.69, 9.17) is 27.9 Å². The maximum absolute atomic E-state index is 12.0. The van der Waals surface area contributed by atoms with Crippen molar-refractivity contribution in [3.63, 3.8) is 0 Å². The Balaban J connectivity index is 1.65. The normalized spacial score (nSPS) is 10.4. The molecule has 0 bridgehead atoms. The molecule has 0 fully saturated rings. The molecule has 2 amide bonds. The van der Waals surface area contributed by atoms with Gasteiger partial charge in [0.05, 0.1) is 17.2 Å². The van der Waals surface area contributed by atoms with Crippen molar-refractivity contribution in [2.24, 2.45) is 0 Å². The number of anilines is 2. The molecule has 0 saturated heterocycles. The van der Waals surface area contributed by atoms with Crippen LogP contribution in [-0.2, 0) is 0 Å². The average Bonchev–Trinajstić information content (AvgIpc) is 3.06. The van der Waals surface area contributed by atoms with Crippen molar-refractivity contribution in [1.29, 1.82) is 0 Å². The van der Waals surface area contributed by atoms with Crippen LogP contribution in [0, 0.1) is 0 Å². The van der Waals surface area contributed by atoms with E-state index in [1.165, 1.54) is 11.3 Å². The highest BCUT2D eigenvalue weighted by atomic mass is 35.5. The first-order valence-electron chi connectivity index (χ1n) is 7.06. The zero-order valence-corrected chi connectivity index (χ0v) is 15.2. The lowest BCUT2D eigenvalue weighted by atomic mass is 10.2. The van der Waals surface area contributed by atoms with Gasteiger partial charge in [-0.25, -0.2) is 4.79 Å². The van der Waals surface area contributed by atoms with Crippen molar-refractivity contribution < 1.29 is 9.53 Å². The van der Waals surface area contributed by atoms with Gasteiger partial charge in [0.2, 0.25) is 5.13 Å². The van der Waals surface area contributed by atoms with Gasteiger partial charge in [-0.05, 0) is 36.4 Å². The highest BCUT2D eigenvalue weighted by Gasteiger charge is 2.11. The maximum Gasteiger partial charge on any atom is 0.325 e. The lowest BCUT2D eigenvalue weighted by Gasteiger charge is -2.05. The number of carbonyl (C=O) groups is 1. The Labute approximate surface area is 157 Å². The summed E-state index contributed by atoms with van der Waals surface area (Å²) in [7, 11) is 1.58. The Morgan fingerprint density at radius 2 is 1.80 bits per heavy atom. The fourth-order valence-corrected chi connectivity index (χ4v) is 2.99. The first-order chi connectivity index (χ1) is 12.0. The third-order valence-corrected chi connectivity index (χ3v) is 4.79. The van der Waals surface area contributed by atoms with Gasteiger partial charge in [0, 0.05) is 11.3 Å². The van der Waals surface area contributed by atoms with Crippen LogP contribution in [0.5, 0.6) is 5.75 Å². The van der Waals surface area contributed by atoms with Gasteiger partial charge < -0.3 is 10.1 Å². The zero-order valence-electron chi connectivity index (χ0n) is 12.9. The van der Waals surface area contributed by atoms with Gasteiger partial charge in [0.1, 0.15) is 10.8 Å². The van der Waals surface area contributed by atoms with E-state index in [-0.39, 0.29) is 0 Å². The molecule has 1 heterocycles. The second kappa shape index (κ2) is 7.69. The first-order valence-corrected chi connectivity index (χ1v) is 8.63. The minimum atomic E-state index is -0.415. The smallest absolute Gasteiger partial charge is 0.325 e. The van der Waals surface area contributed by atoms with Gasteiger partial charge in [-0.2, -0.15) is 0 Å². The number of hydrogen-bond acceptors (Lipinski definition) is 5. The van der Waals surface area contributed by atoms with Crippen LogP contribution in [0.15, 0.2) is 42.5 Å². The third-order valence-electron chi connectivity index (χ3n) is 3.16. The number of aromatic nitrogens is 2. The van der Waals surface area contributed by atoms with Gasteiger partial charge in [0.15, 0.2) is 0 Å². The van der Waals surface area contributed by atoms with Crippen molar-refractivity contribution in [1.82, 2.24) is 10.2 Å². The molecule has 0 aliphatic rings. The summed E-state index contributed by atoms with van der Waals surface area (Å²) in [6.45, 7) is 0. The van der Waals surface area contributed by atoms with E-state index in [9.17, 15) is 4.79 Å². The monoisotopic (exact) mass is 394 g/mol. The van der Waals surface area contributed by atoms with Crippen LogP contribution in [-0.4, -0.2) is 23.3 Å². The first kappa shape index (κ1) is 17.5. The number of nitrogens with one attached hydrogen (secondary N) is 2. The number of hydrogen-bond donors (Lipinski definition) is 2. The Hall–Kier alpha value is -2.35. The van der Waals surface area contributed by atoms with Crippen molar-refractivity contribution in [3.8, 4) is 16.3 Å². The molecule has 0 aliphatic carbocycles. The van der Waals surface area contributed by atoms with E-state index in [0.717, 1.165) is 5.56 Å². The summed E-state index contributed by atoms with van der Waals surface area (Å²) in [5.41, 5.74) is 1.41. The van der Waals surface area contributed by atoms with Gasteiger partial charge in [0.25, 0.3) is 0 Å². The summed E-state index contributed by atoms with van der Waals surface area (Å²) in [6, 6.07) is 11.7. The van der Waals surface area contributed by atoms with Gasteiger partial charge in [-0.15, -0.1) is 10.2 Å². The molecule has 0 aliphatic heterocycles. The fourth-order valence-electron chi connectivity index (χ4n) is 1.95. The molecule has 128 valence electrons. The van der Waals surface area contributed by atoms with Crippen LogP contribution in [0.25, 0.3) is 10.6 Å². The topological polar surface area (TPSA) is 76.1 Å². The third kappa shape index (κ3) is 4.39. The van der Waals surface area contributed by atoms with E-state index in [0.29, 0.717) is 31.6 Å². The largest absolute Gasteiger partial charge is 0.497 e. The standard InChI is InChI=1S/C16H12Cl2N4O2S/c1-24-11-5-3-10(4-6-11)19-15(23)20-16-22-21-14(25-16)9-2-7-12(17)13(18)8-9/h2-8H,1H3,(H2,19,20,22,23). The van der Waals surface area contributed by atoms with Crippen LogP contribution in [0.2, 0.25) is 10.0 Å². The summed E-state index contributed by atoms with van der Waals surface area (Å²) < 4.78 is 5.07. The Bertz CT molecular complexity index is 899. The number of methoxy groups -OCH3 is 1. The van der Waals surface area contributed by atoms with Crippen LogP contribution in [0.4, 0.5) is 15.6 Å². The van der Waals surface area contributed by atoms with E-state index >= 15 is 0 Å². The summed E-state index contributed by atoms with van der Waals surface area (Å²) >= 11 is 13.1. The molecule has 25 heavy (non-hydrogen) atoms. The molecule has 0 atom stereocenters. The predicted octanol–water partition coefficient (Wildman–Crippen LogP) is 5.16. The summed E-state index contributed by atoms with van der Waals surface area (Å²) in [4.78, 5) is 12.0. The van der Waals surface area contributed by atoms with E-state index < -0.39 is 6.03 Å². The summed E-state index contributed by atoms with van der Waals surface area (Å²) in [5.74, 6) is 0.710. The predicted molar refractivity (Wildman–Crippen MR) is 101 cm³/mol. The van der Waals surface area contributed by atoms with Crippen molar-refractivity contribution in [2.75, 3.05) is 17.7 Å². The van der Waals surface area contributed by atoms with Gasteiger partial charge >= 0.3 is 6.03 Å². The summed E-state index contributed by atoms with van der Waals surface area (Å²) in [5, 5.41) is 15.2. The Morgan fingerprint density at radius 1 is 1.04 bits per heavy atom. The highest BCUT2D eigenvalue weighted by molar-refractivity contribution is 7.18. The number of carbonyl (C=O) groups excluding carboxylic acids is 1. The molecule has 1 aromatic heterocycles. The molecule has 0 saturated carbocycles. The number of nitrogens with zero attached hydrogens (tertiary/aromatic N) is 2. The summed E-state index contributed by atoms with van der Waals surface area (Å²) in [6.07, 6.45) is 0. The number of rotatable bonds is 4. The second-order valence-electron chi connectivity index (χ2n) is 4.85. The number of urea groups is 1. The molecular formula is C16H12Cl2N4O2S. The van der Waals surface area contributed by atoms with Gasteiger partial charge in [-0.3, -0.25) is 5.32 Å². The molecule has 9 heteroatoms. The van der Waals surface area contributed by atoms with Crippen molar-refractivity contribution >= 4 is 51.4 Å². The number of benzene rings is 2. The molecule has 3 rings (SSSR count). The maximum atomic E-state index is 12.0. The quantitative estimate of drug-likeness (QED) is 0.640. The Kier molecular flexibility index (Phi) is 5.37. The number of amides is 2. The molecule has 0 unspecified atom stereocenters. The molecule has 2 aromatic carbocycles. The molecular weight excluding hydrogens is 383 g/mol. The van der Waals surface area contributed by atoms with Crippen LogP contribution in [0.1, 0.15) is 0 Å². The highest BCUT2D eigenvalue weighted by Crippen LogP contribution is 2.31. The van der Waals surface area contributed by atoms with Gasteiger partial charge in [-0.1, -0.05) is 40.6 Å².